The molecule has 1 saturated carbocycles. The van der Waals surface area contributed by atoms with Crippen LogP contribution in [0.25, 0.3) is 0 Å². The molecular weight excluding hydrogens is 210 g/mol. The Morgan fingerprint density at radius 2 is 1.65 bits per heavy atom. The van der Waals surface area contributed by atoms with Gasteiger partial charge < -0.3 is 0 Å². The van der Waals surface area contributed by atoms with Crippen molar-refractivity contribution in [3.8, 4) is 0 Å². The average Bonchev–Trinajstić information content (AvgIpc) is 2.25. The van der Waals surface area contributed by atoms with Crippen LogP contribution in [0.15, 0.2) is 0 Å². The summed E-state index contributed by atoms with van der Waals surface area (Å²) in [5, 5.41) is 0. The second kappa shape index (κ2) is 5.51. The van der Waals surface area contributed by atoms with Gasteiger partial charge in [0.1, 0.15) is 0 Å². The number of hydrogen-bond acceptors (Lipinski definition) is 2. The van der Waals surface area contributed by atoms with Crippen molar-refractivity contribution >= 4 is 5.78 Å². The molecule has 1 aliphatic rings. The third-order valence-corrected chi connectivity index (χ3v) is 4.16. The largest absolute Gasteiger partial charge is 0.298 e. The number of ketones is 1. The van der Waals surface area contributed by atoms with Gasteiger partial charge in [0.05, 0.1) is 5.54 Å². The first kappa shape index (κ1) is 14.7. The molecule has 0 amide bonds. The molecule has 0 aliphatic heterocycles. The molecule has 0 N–H and O–H groups in total. The van der Waals surface area contributed by atoms with Gasteiger partial charge in [-0.25, -0.2) is 0 Å². The highest BCUT2D eigenvalue weighted by atomic mass is 16.1. The molecule has 1 aliphatic carbocycles. The lowest BCUT2D eigenvalue weighted by atomic mass is 9.75. The van der Waals surface area contributed by atoms with E-state index in [0.717, 1.165) is 25.7 Å². The maximum Gasteiger partial charge on any atom is 0.153 e. The van der Waals surface area contributed by atoms with Gasteiger partial charge >= 0.3 is 0 Å². The third kappa shape index (κ3) is 3.80. The van der Waals surface area contributed by atoms with Gasteiger partial charge in [-0.05, 0) is 38.8 Å². The van der Waals surface area contributed by atoms with Crippen LogP contribution in [0.4, 0.5) is 0 Å². The highest BCUT2D eigenvalue weighted by Gasteiger charge is 2.40. The highest BCUT2D eigenvalue weighted by molar-refractivity contribution is 5.88. The Bertz CT molecular complexity index is 257. The topological polar surface area (TPSA) is 20.3 Å². The van der Waals surface area contributed by atoms with Crippen molar-refractivity contribution in [2.24, 2.45) is 5.41 Å². The summed E-state index contributed by atoms with van der Waals surface area (Å²) in [4.78, 5) is 14.7. The minimum Gasteiger partial charge on any atom is -0.298 e. The standard InChI is InChI=1S/C15H29NO/c1-14(2,3)12-9-13(17)15(16(4)5)10-7-6-8-11-15/h6-12H2,1-5H3. The molecule has 2 heteroatoms. The predicted octanol–water partition coefficient (Wildman–Crippen LogP) is 3.65. The molecule has 0 atom stereocenters. The summed E-state index contributed by atoms with van der Waals surface area (Å²) in [6, 6.07) is 0. The molecule has 1 fully saturated rings. The quantitative estimate of drug-likeness (QED) is 0.746. The van der Waals surface area contributed by atoms with Crippen molar-refractivity contribution in [1.29, 1.82) is 0 Å². The van der Waals surface area contributed by atoms with Crippen LogP contribution in [0, 0.1) is 5.41 Å². The van der Waals surface area contributed by atoms with Gasteiger partial charge in [0.25, 0.3) is 0 Å². The van der Waals surface area contributed by atoms with Crippen molar-refractivity contribution in [2.75, 3.05) is 14.1 Å². The lowest BCUT2D eigenvalue weighted by Gasteiger charge is -2.42. The lowest BCUT2D eigenvalue weighted by molar-refractivity contribution is -0.132. The zero-order valence-corrected chi connectivity index (χ0v) is 12.3. The molecule has 0 heterocycles. The maximum absolute atomic E-state index is 12.6. The van der Waals surface area contributed by atoms with Crippen LogP contribution >= 0.6 is 0 Å². The summed E-state index contributed by atoms with van der Waals surface area (Å²) in [6.07, 6.45) is 7.57. The Kier molecular flexibility index (Phi) is 4.77. The lowest BCUT2D eigenvalue weighted by Crippen LogP contribution is -2.52. The van der Waals surface area contributed by atoms with Gasteiger partial charge in [0, 0.05) is 6.42 Å². The fourth-order valence-electron chi connectivity index (χ4n) is 2.83. The summed E-state index contributed by atoms with van der Waals surface area (Å²) in [5.41, 5.74) is 0.112. The number of carbonyl (C=O) groups is 1. The molecule has 1 rings (SSSR count). The molecule has 0 saturated heterocycles. The van der Waals surface area contributed by atoms with E-state index in [1.807, 2.05) is 0 Å². The van der Waals surface area contributed by atoms with Crippen molar-refractivity contribution in [2.45, 2.75) is 71.3 Å². The van der Waals surface area contributed by atoms with Crippen LogP contribution in [0.2, 0.25) is 0 Å². The van der Waals surface area contributed by atoms with Crippen molar-refractivity contribution in [3.63, 3.8) is 0 Å². The van der Waals surface area contributed by atoms with Crippen LogP contribution in [0.1, 0.15) is 65.7 Å². The van der Waals surface area contributed by atoms with Crippen LogP contribution in [0.3, 0.4) is 0 Å². The normalized spacial score (nSPS) is 20.6. The molecule has 0 radical (unpaired) electrons. The van der Waals surface area contributed by atoms with Crippen LogP contribution < -0.4 is 0 Å². The van der Waals surface area contributed by atoms with Crippen LogP contribution in [-0.2, 0) is 4.79 Å². The first-order valence-electron chi connectivity index (χ1n) is 6.99. The zero-order chi connectivity index (χ0) is 13.1. The first-order valence-corrected chi connectivity index (χ1v) is 6.99. The van der Waals surface area contributed by atoms with Gasteiger partial charge in [-0.3, -0.25) is 9.69 Å². The predicted molar refractivity (Wildman–Crippen MR) is 73.2 cm³/mol. The summed E-state index contributed by atoms with van der Waals surface area (Å²) in [7, 11) is 4.14. The monoisotopic (exact) mass is 239 g/mol. The molecular formula is C15H29NO. The fourth-order valence-corrected chi connectivity index (χ4v) is 2.83. The Morgan fingerprint density at radius 1 is 1.12 bits per heavy atom. The first-order chi connectivity index (χ1) is 7.78. The summed E-state index contributed by atoms with van der Waals surface area (Å²) in [5.74, 6) is 0.470. The molecule has 0 spiro atoms. The van der Waals surface area contributed by atoms with E-state index in [4.69, 9.17) is 0 Å². The summed E-state index contributed by atoms with van der Waals surface area (Å²) >= 11 is 0. The van der Waals surface area contributed by atoms with Gasteiger partial charge in [-0.2, -0.15) is 0 Å². The highest BCUT2D eigenvalue weighted by Crippen LogP contribution is 2.35. The van der Waals surface area contributed by atoms with Crippen molar-refractivity contribution in [3.05, 3.63) is 0 Å². The molecule has 0 aromatic rings. The van der Waals surface area contributed by atoms with Crippen LogP contribution in [0.5, 0.6) is 0 Å². The van der Waals surface area contributed by atoms with Gasteiger partial charge in [-0.1, -0.05) is 40.0 Å². The van der Waals surface area contributed by atoms with E-state index >= 15 is 0 Å². The molecule has 2 nitrogen and oxygen atoms in total. The van der Waals surface area contributed by atoms with E-state index in [2.05, 4.69) is 39.8 Å². The van der Waals surface area contributed by atoms with Crippen LogP contribution in [-0.4, -0.2) is 30.3 Å². The van der Waals surface area contributed by atoms with E-state index < -0.39 is 0 Å². The minimum atomic E-state index is -0.149. The third-order valence-electron chi connectivity index (χ3n) is 4.16. The van der Waals surface area contributed by atoms with E-state index in [-0.39, 0.29) is 11.0 Å². The maximum atomic E-state index is 12.6. The molecule has 17 heavy (non-hydrogen) atoms. The van der Waals surface area contributed by atoms with Gasteiger partial charge in [0.15, 0.2) is 5.78 Å². The molecule has 0 aromatic heterocycles. The number of rotatable bonds is 4. The molecule has 0 unspecified atom stereocenters. The van der Waals surface area contributed by atoms with E-state index in [9.17, 15) is 4.79 Å². The minimum absolute atomic E-state index is 0.149. The Balaban J connectivity index is 2.67. The van der Waals surface area contributed by atoms with Crippen molar-refractivity contribution < 1.29 is 4.79 Å². The molecule has 100 valence electrons. The Hall–Kier alpha value is -0.370. The molecule has 0 bridgehead atoms. The second-order valence-electron chi connectivity index (χ2n) is 6.97. The van der Waals surface area contributed by atoms with Gasteiger partial charge in [-0.15, -0.1) is 0 Å². The zero-order valence-electron chi connectivity index (χ0n) is 12.3. The van der Waals surface area contributed by atoms with E-state index in [1.54, 1.807) is 0 Å². The van der Waals surface area contributed by atoms with Gasteiger partial charge in [0.2, 0.25) is 0 Å². The van der Waals surface area contributed by atoms with E-state index in [0.29, 0.717) is 5.78 Å². The smallest absolute Gasteiger partial charge is 0.153 e. The Morgan fingerprint density at radius 3 is 2.06 bits per heavy atom. The number of nitrogens with zero attached hydrogens (tertiary/aromatic N) is 1. The number of likely N-dealkylation sites (N-methyl/N-ethyl adjacent to an activating group) is 1. The van der Waals surface area contributed by atoms with Crippen molar-refractivity contribution in [1.82, 2.24) is 4.90 Å². The average molecular weight is 239 g/mol. The SMILES string of the molecule is CN(C)C1(C(=O)CCC(C)(C)C)CCCCC1. The number of carbonyl (C=O) groups excluding carboxylic acids is 1. The fraction of sp³-hybridized carbons (Fsp3) is 0.933. The summed E-state index contributed by atoms with van der Waals surface area (Å²) in [6.45, 7) is 6.64. The second-order valence-corrected chi connectivity index (χ2v) is 6.97. The molecule has 0 aromatic carbocycles. The summed E-state index contributed by atoms with van der Waals surface area (Å²) < 4.78 is 0. The number of hydrogen-bond donors (Lipinski definition) is 0. The number of Topliss-reactive ketones (excluding diaryl/α,β-unsaturated/α-hetero) is 1. The van der Waals surface area contributed by atoms with E-state index in [1.165, 1.54) is 19.3 Å². The Labute approximate surface area is 107 Å².